The van der Waals surface area contributed by atoms with Crippen molar-refractivity contribution < 1.29 is 9.53 Å². The molecule has 0 radical (unpaired) electrons. The van der Waals surface area contributed by atoms with E-state index in [1.807, 2.05) is 20.8 Å². The molecule has 0 aromatic carbocycles. The lowest BCUT2D eigenvalue weighted by molar-refractivity contribution is 0.0497. The summed E-state index contributed by atoms with van der Waals surface area (Å²) in [6, 6.07) is 0.0292. The minimum absolute atomic E-state index is 0.0402. The minimum Gasteiger partial charge on any atom is -0.444 e. The Kier molecular flexibility index (Phi) is 3.51. The Labute approximate surface area is 106 Å². The summed E-state index contributed by atoms with van der Waals surface area (Å²) in [6.07, 6.45) is 3.02. The van der Waals surface area contributed by atoms with Crippen LogP contribution in [0.25, 0.3) is 0 Å². The van der Waals surface area contributed by atoms with Crippen LogP contribution in [0.2, 0.25) is 0 Å². The van der Waals surface area contributed by atoms with Gasteiger partial charge in [-0.05, 0) is 20.8 Å². The van der Waals surface area contributed by atoms with E-state index < -0.39 is 11.7 Å². The molecule has 0 bridgehead atoms. The molecular weight excluding hydrogens is 234 g/mol. The van der Waals surface area contributed by atoms with Gasteiger partial charge in [-0.15, -0.1) is 5.10 Å². The molecule has 1 aliphatic heterocycles. The number of ether oxygens (including phenoxy) is 1. The molecule has 1 fully saturated rings. The van der Waals surface area contributed by atoms with E-state index in [0.29, 0.717) is 6.54 Å². The predicted octanol–water partition coefficient (Wildman–Crippen LogP) is 0.316. The maximum Gasteiger partial charge on any atom is 0.407 e. The van der Waals surface area contributed by atoms with E-state index in [4.69, 9.17) is 4.74 Å². The smallest absolute Gasteiger partial charge is 0.407 e. The Morgan fingerprint density at radius 2 is 2.28 bits per heavy atom. The molecular formula is C11H19N5O2. The van der Waals surface area contributed by atoms with Crippen molar-refractivity contribution in [1.82, 2.24) is 25.6 Å². The Balaban J connectivity index is 1.94. The molecule has 1 saturated heterocycles. The summed E-state index contributed by atoms with van der Waals surface area (Å²) in [6.45, 7) is 6.98. The number of carbonyl (C=O) groups excluding carboxylic acids is 1. The molecule has 1 aliphatic rings. The Morgan fingerprint density at radius 3 is 2.89 bits per heavy atom. The van der Waals surface area contributed by atoms with Gasteiger partial charge in [0.2, 0.25) is 0 Å². The van der Waals surface area contributed by atoms with Crippen molar-refractivity contribution in [3.05, 3.63) is 12.4 Å². The van der Waals surface area contributed by atoms with Crippen molar-refractivity contribution in [1.29, 1.82) is 0 Å². The van der Waals surface area contributed by atoms with Gasteiger partial charge >= 0.3 is 6.09 Å². The van der Waals surface area contributed by atoms with Crippen molar-refractivity contribution in [3.63, 3.8) is 0 Å². The Hall–Kier alpha value is -1.63. The van der Waals surface area contributed by atoms with Gasteiger partial charge in [0.1, 0.15) is 5.60 Å². The van der Waals surface area contributed by atoms with Gasteiger partial charge in [-0.1, -0.05) is 5.21 Å². The van der Waals surface area contributed by atoms with Gasteiger partial charge in [0, 0.05) is 19.3 Å². The van der Waals surface area contributed by atoms with Gasteiger partial charge in [0.05, 0.1) is 18.3 Å². The third-order valence-electron chi connectivity index (χ3n) is 2.67. The second kappa shape index (κ2) is 4.93. The number of rotatable bonds is 2. The van der Waals surface area contributed by atoms with E-state index in [-0.39, 0.29) is 12.1 Å². The van der Waals surface area contributed by atoms with Gasteiger partial charge in [-0.2, -0.15) is 0 Å². The molecule has 2 heterocycles. The van der Waals surface area contributed by atoms with E-state index >= 15 is 0 Å². The molecule has 1 amide bonds. The highest BCUT2D eigenvalue weighted by Gasteiger charge is 2.31. The molecule has 7 heteroatoms. The van der Waals surface area contributed by atoms with Gasteiger partial charge in [0.25, 0.3) is 0 Å². The van der Waals surface area contributed by atoms with Crippen LogP contribution in [0, 0.1) is 0 Å². The lowest BCUT2D eigenvalue weighted by Gasteiger charge is -2.24. The molecule has 18 heavy (non-hydrogen) atoms. The molecule has 1 aromatic rings. The van der Waals surface area contributed by atoms with Crippen molar-refractivity contribution in [2.24, 2.45) is 0 Å². The number of carbonyl (C=O) groups is 1. The maximum atomic E-state index is 11.7. The van der Waals surface area contributed by atoms with Gasteiger partial charge < -0.3 is 15.4 Å². The highest BCUT2D eigenvalue weighted by Crippen LogP contribution is 2.15. The van der Waals surface area contributed by atoms with Gasteiger partial charge in [0.15, 0.2) is 0 Å². The average molecular weight is 253 g/mol. The number of hydrogen-bond donors (Lipinski definition) is 2. The van der Waals surface area contributed by atoms with Crippen molar-refractivity contribution in [2.45, 2.75) is 38.5 Å². The summed E-state index contributed by atoms with van der Waals surface area (Å²) < 4.78 is 6.99. The summed E-state index contributed by atoms with van der Waals surface area (Å²) in [5.74, 6) is 0. The minimum atomic E-state index is -0.487. The number of hydrogen-bond acceptors (Lipinski definition) is 5. The van der Waals surface area contributed by atoms with Crippen LogP contribution in [-0.4, -0.2) is 45.8 Å². The third-order valence-corrected chi connectivity index (χ3v) is 2.67. The SMILES string of the molecule is CC(C)(C)OC(=O)NC1CNCC1n1ccnn1. The number of alkyl carbamates (subject to hydrolysis) is 1. The first-order valence-electron chi connectivity index (χ1n) is 6.02. The molecule has 0 saturated carbocycles. The lowest BCUT2D eigenvalue weighted by atomic mass is 10.2. The summed E-state index contributed by atoms with van der Waals surface area (Å²) in [4.78, 5) is 11.7. The highest BCUT2D eigenvalue weighted by molar-refractivity contribution is 5.68. The molecule has 2 N–H and O–H groups in total. The van der Waals surface area contributed by atoms with E-state index in [2.05, 4.69) is 20.9 Å². The fourth-order valence-corrected chi connectivity index (χ4v) is 1.94. The molecule has 0 spiro atoms. The van der Waals surface area contributed by atoms with Crippen LogP contribution >= 0.6 is 0 Å². The average Bonchev–Trinajstić information content (AvgIpc) is 2.82. The van der Waals surface area contributed by atoms with E-state index in [0.717, 1.165) is 6.54 Å². The second-order valence-corrected chi connectivity index (χ2v) is 5.36. The first-order chi connectivity index (χ1) is 8.46. The summed E-state index contributed by atoms with van der Waals surface area (Å²) in [5, 5.41) is 13.8. The number of nitrogens with zero attached hydrogens (tertiary/aromatic N) is 3. The highest BCUT2D eigenvalue weighted by atomic mass is 16.6. The van der Waals surface area contributed by atoms with Crippen LogP contribution in [0.3, 0.4) is 0 Å². The van der Waals surface area contributed by atoms with Crippen LogP contribution in [0.5, 0.6) is 0 Å². The molecule has 0 aliphatic carbocycles. The topological polar surface area (TPSA) is 81.1 Å². The summed E-state index contributed by atoms with van der Waals surface area (Å²) in [5.41, 5.74) is -0.487. The van der Waals surface area contributed by atoms with Crippen LogP contribution in [-0.2, 0) is 4.74 Å². The molecule has 1 aromatic heterocycles. The normalized spacial score (nSPS) is 23.9. The predicted molar refractivity (Wildman–Crippen MR) is 65.1 cm³/mol. The van der Waals surface area contributed by atoms with Crippen LogP contribution < -0.4 is 10.6 Å². The zero-order valence-electron chi connectivity index (χ0n) is 10.9. The van der Waals surface area contributed by atoms with Gasteiger partial charge in [-0.25, -0.2) is 9.48 Å². The fraction of sp³-hybridized carbons (Fsp3) is 0.727. The Bertz CT molecular complexity index is 398. The summed E-state index contributed by atoms with van der Waals surface area (Å²) >= 11 is 0. The second-order valence-electron chi connectivity index (χ2n) is 5.36. The first-order valence-corrected chi connectivity index (χ1v) is 6.02. The van der Waals surface area contributed by atoms with Crippen molar-refractivity contribution in [3.8, 4) is 0 Å². The van der Waals surface area contributed by atoms with Crippen LogP contribution in [0.4, 0.5) is 4.79 Å². The quantitative estimate of drug-likeness (QED) is 0.793. The molecule has 2 unspecified atom stereocenters. The van der Waals surface area contributed by atoms with Gasteiger partial charge in [-0.3, -0.25) is 0 Å². The molecule has 2 atom stereocenters. The van der Waals surface area contributed by atoms with Crippen LogP contribution in [0.1, 0.15) is 26.8 Å². The lowest BCUT2D eigenvalue weighted by Crippen LogP contribution is -2.43. The van der Waals surface area contributed by atoms with Crippen LogP contribution in [0.15, 0.2) is 12.4 Å². The molecule has 7 nitrogen and oxygen atoms in total. The van der Waals surface area contributed by atoms with E-state index in [1.54, 1.807) is 17.1 Å². The number of amides is 1. The van der Waals surface area contributed by atoms with Crippen molar-refractivity contribution in [2.75, 3.05) is 13.1 Å². The van der Waals surface area contributed by atoms with Crippen molar-refractivity contribution >= 4 is 6.09 Å². The third kappa shape index (κ3) is 3.19. The molecule has 2 rings (SSSR count). The Morgan fingerprint density at radius 1 is 1.50 bits per heavy atom. The standard InChI is InChI=1S/C11H19N5O2/c1-11(2,3)18-10(17)14-8-6-12-7-9(8)16-5-4-13-15-16/h4-5,8-9,12H,6-7H2,1-3H3,(H,14,17). The zero-order chi connectivity index (χ0) is 13.2. The summed E-state index contributed by atoms with van der Waals surface area (Å²) in [7, 11) is 0. The maximum absolute atomic E-state index is 11.7. The number of nitrogens with one attached hydrogen (secondary N) is 2. The monoisotopic (exact) mass is 253 g/mol. The first kappa shape index (κ1) is 12.8. The number of aromatic nitrogens is 3. The van der Waals surface area contributed by atoms with E-state index in [1.165, 1.54) is 0 Å². The fourth-order valence-electron chi connectivity index (χ4n) is 1.94. The molecule has 100 valence electrons. The van der Waals surface area contributed by atoms with E-state index in [9.17, 15) is 4.79 Å². The zero-order valence-corrected chi connectivity index (χ0v) is 10.9. The largest absolute Gasteiger partial charge is 0.444 e.